The van der Waals surface area contributed by atoms with E-state index in [0.29, 0.717) is 31.7 Å². The molecule has 7 heteroatoms. The summed E-state index contributed by atoms with van der Waals surface area (Å²) in [5.74, 6) is 0.433. The largest absolute Gasteiger partial charge is 0.445 e. The Bertz CT molecular complexity index is 683. The maximum atomic E-state index is 12.4. The Hall–Kier alpha value is -2.28. The zero-order valence-electron chi connectivity index (χ0n) is 17.7. The molecule has 29 heavy (non-hydrogen) atoms. The van der Waals surface area contributed by atoms with Crippen molar-refractivity contribution in [1.29, 1.82) is 0 Å². The van der Waals surface area contributed by atoms with Crippen LogP contribution in [0.5, 0.6) is 0 Å². The minimum absolute atomic E-state index is 0.234. The topological polar surface area (TPSA) is 71.1 Å². The lowest BCUT2D eigenvalue weighted by atomic mass is 9.94. The molecule has 2 fully saturated rings. The Morgan fingerprint density at radius 3 is 2.55 bits per heavy atom. The molecular weight excluding hydrogens is 370 g/mol. The van der Waals surface area contributed by atoms with Gasteiger partial charge in [0.05, 0.1) is 0 Å². The molecule has 0 radical (unpaired) electrons. The van der Waals surface area contributed by atoms with Crippen molar-refractivity contribution in [2.45, 2.75) is 51.9 Å². The molecule has 0 aromatic heterocycles. The summed E-state index contributed by atoms with van der Waals surface area (Å²) in [5.41, 5.74) is 0.522. The van der Waals surface area contributed by atoms with Crippen LogP contribution >= 0.6 is 0 Å². The molecule has 2 heterocycles. The van der Waals surface area contributed by atoms with Crippen LogP contribution in [0.1, 0.15) is 39.2 Å². The molecule has 3 rings (SSSR count). The van der Waals surface area contributed by atoms with Crippen molar-refractivity contribution < 1.29 is 19.1 Å². The number of hydrogen-bond acceptors (Lipinski definition) is 5. The van der Waals surface area contributed by atoms with Crippen molar-refractivity contribution in [3.63, 3.8) is 0 Å². The van der Waals surface area contributed by atoms with E-state index in [2.05, 4.69) is 10.2 Å². The summed E-state index contributed by atoms with van der Waals surface area (Å²) in [6.07, 6.45) is 1.49. The predicted octanol–water partition coefficient (Wildman–Crippen LogP) is 3.24. The zero-order valence-corrected chi connectivity index (χ0v) is 17.7. The van der Waals surface area contributed by atoms with E-state index in [4.69, 9.17) is 9.47 Å². The molecule has 1 atom stereocenters. The molecule has 2 aliphatic rings. The van der Waals surface area contributed by atoms with Gasteiger partial charge in [0.15, 0.2) is 0 Å². The first kappa shape index (κ1) is 21.4. The highest BCUT2D eigenvalue weighted by Gasteiger charge is 2.36. The van der Waals surface area contributed by atoms with Gasteiger partial charge in [0.2, 0.25) is 0 Å². The Labute approximate surface area is 173 Å². The summed E-state index contributed by atoms with van der Waals surface area (Å²) < 4.78 is 10.8. The third-order valence-electron chi connectivity index (χ3n) is 5.30. The van der Waals surface area contributed by atoms with E-state index in [9.17, 15) is 9.59 Å². The molecule has 160 valence electrons. The van der Waals surface area contributed by atoms with Gasteiger partial charge in [-0.1, -0.05) is 30.3 Å². The highest BCUT2D eigenvalue weighted by molar-refractivity contribution is 5.68. The van der Waals surface area contributed by atoms with Gasteiger partial charge in [0, 0.05) is 44.7 Å². The third-order valence-corrected chi connectivity index (χ3v) is 5.30. The van der Waals surface area contributed by atoms with Gasteiger partial charge in [-0.2, -0.15) is 0 Å². The van der Waals surface area contributed by atoms with Crippen LogP contribution in [0.25, 0.3) is 0 Å². The molecule has 0 bridgehead atoms. The smallest absolute Gasteiger partial charge is 0.410 e. The minimum Gasteiger partial charge on any atom is -0.445 e. The number of likely N-dealkylation sites (tertiary alicyclic amines) is 2. The highest BCUT2D eigenvalue weighted by atomic mass is 16.6. The first-order valence-corrected chi connectivity index (χ1v) is 10.5. The second-order valence-corrected chi connectivity index (χ2v) is 8.98. The molecule has 0 aliphatic carbocycles. The number of carbonyl (C=O) groups is 2. The van der Waals surface area contributed by atoms with E-state index in [1.54, 1.807) is 0 Å². The summed E-state index contributed by atoms with van der Waals surface area (Å²) >= 11 is 0. The van der Waals surface area contributed by atoms with Crippen molar-refractivity contribution >= 4 is 12.2 Å². The summed E-state index contributed by atoms with van der Waals surface area (Å²) in [6.45, 7) is 9.85. The number of benzene rings is 1. The molecule has 0 spiro atoms. The molecule has 1 N–H and O–H groups in total. The van der Waals surface area contributed by atoms with Crippen LogP contribution in [0, 0.1) is 5.92 Å². The number of nitrogens with zero attached hydrogens (tertiary/aromatic N) is 2. The molecular formula is C22H33N3O4. The number of rotatable bonds is 5. The monoisotopic (exact) mass is 403 g/mol. The van der Waals surface area contributed by atoms with Gasteiger partial charge < -0.3 is 19.7 Å². The quantitative estimate of drug-likeness (QED) is 0.817. The molecule has 2 aliphatic heterocycles. The normalized spacial score (nSPS) is 20.7. The molecule has 1 aromatic carbocycles. The van der Waals surface area contributed by atoms with Gasteiger partial charge in [0.1, 0.15) is 12.2 Å². The van der Waals surface area contributed by atoms with Crippen LogP contribution < -0.4 is 5.32 Å². The number of nitrogens with one attached hydrogen (secondary N) is 1. The summed E-state index contributed by atoms with van der Waals surface area (Å²) in [4.78, 5) is 28.4. The van der Waals surface area contributed by atoms with E-state index in [1.165, 1.54) is 0 Å². The Balaban J connectivity index is 1.36. The summed E-state index contributed by atoms with van der Waals surface area (Å²) in [7, 11) is 0. The van der Waals surface area contributed by atoms with Crippen molar-refractivity contribution in [2.24, 2.45) is 5.92 Å². The van der Waals surface area contributed by atoms with Gasteiger partial charge in [-0.05, 0) is 39.2 Å². The van der Waals surface area contributed by atoms with Gasteiger partial charge in [-0.25, -0.2) is 9.59 Å². The van der Waals surface area contributed by atoms with Gasteiger partial charge in [-0.3, -0.25) is 4.90 Å². The number of alkyl carbamates (subject to hydrolysis) is 1. The lowest BCUT2D eigenvalue weighted by Gasteiger charge is -2.47. The van der Waals surface area contributed by atoms with Gasteiger partial charge in [0.25, 0.3) is 0 Å². The van der Waals surface area contributed by atoms with Crippen molar-refractivity contribution in [2.75, 3.05) is 32.7 Å². The highest BCUT2D eigenvalue weighted by Crippen LogP contribution is 2.24. The van der Waals surface area contributed by atoms with E-state index >= 15 is 0 Å². The zero-order chi connectivity index (χ0) is 20.9. The maximum Gasteiger partial charge on any atom is 0.410 e. The van der Waals surface area contributed by atoms with Crippen LogP contribution in [0.15, 0.2) is 30.3 Å². The molecule has 1 aromatic rings. The Morgan fingerprint density at radius 1 is 1.14 bits per heavy atom. The average Bonchev–Trinajstić information content (AvgIpc) is 2.64. The van der Waals surface area contributed by atoms with Crippen LogP contribution in [0.4, 0.5) is 9.59 Å². The number of carbonyl (C=O) groups excluding carboxylic acids is 2. The van der Waals surface area contributed by atoms with Crippen LogP contribution in [-0.4, -0.2) is 66.4 Å². The minimum atomic E-state index is -0.476. The lowest BCUT2D eigenvalue weighted by molar-refractivity contribution is 0.00709. The first-order valence-electron chi connectivity index (χ1n) is 10.5. The van der Waals surface area contributed by atoms with Crippen LogP contribution in [0.2, 0.25) is 0 Å². The fraction of sp³-hybridized carbons (Fsp3) is 0.636. The molecule has 2 amide bonds. The van der Waals surface area contributed by atoms with Gasteiger partial charge in [-0.15, -0.1) is 0 Å². The summed E-state index contributed by atoms with van der Waals surface area (Å²) in [6, 6.07) is 10.1. The lowest BCUT2D eigenvalue weighted by Crippen LogP contribution is -2.59. The number of piperidine rings is 1. The standard InChI is InChI=1S/C22H33N3O4/c1-22(2,3)29-20(26)23-12-18-13-25(14-18)19-10-7-11-24(15-19)21(27)28-16-17-8-5-4-6-9-17/h4-6,8-9,18-19H,7,10-16H2,1-3H3,(H,23,26)/t19-/m1/s1. The predicted molar refractivity (Wildman–Crippen MR) is 111 cm³/mol. The van der Waals surface area contributed by atoms with Gasteiger partial charge >= 0.3 is 12.2 Å². The van der Waals surface area contributed by atoms with Crippen molar-refractivity contribution in [3.05, 3.63) is 35.9 Å². The number of hydrogen-bond donors (Lipinski definition) is 1. The van der Waals surface area contributed by atoms with Crippen LogP contribution in [-0.2, 0) is 16.1 Å². The second kappa shape index (κ2) is 9.48. The molecule has 0 unspecified atom stereocenters. The van der Waals surface area contributed by atoms with E-state index in [0.717, 1.165) is 38.0 Å². The van der Waals surface area contributed by atoms with E-state index in [1.807, 2.05) is 56.0 Å². The average molecular weight is 404 g/mol. The Kier molecular flexibility index (Phi) is 7.00. The Morgan fingerprint density at radius 2 is 1.86 bits per heavy atom. The van der Waals surface area contributed by atoms with Crippen LogP contribution in [0.3, 0.4) is 0 Å². The van der Waals surface area contributed by atoms with E-state index < -0.39 is 5.60 Å². The fourth-order valence-electron chi connectivity index (χ4n) is 3.81. The first-order chi connectivity index (χ1) is 13.8. The van der Waals surface area contributed by atoms with E-state index in [-0.39, 0.29) is 12.2 Å². The number of amides is 2. The maximum absolute atomic E-state index is 12.4. The number of ether oxygens (including phenoxy) is 2. The SMILES string of the molecule is CC(C)(C)OC(=O)NCC1CN([C@@H]2CCCN(C(=O)OCc3ccccc3)C2)C1. The second-order valence-electron chi connectivity index (χ2n) is 8.98. The fourth-order valence-corrected chi connectivity index (χ4v) is 3.81. The summed E-state index contributed by atoms with van der Waals surface area (Å²) in [5, 5.41) is 2.85. The van der Waals surface area contributed by atoms with Crippen molar-refractivity contribution in [1.82, 2.24) is 15.1 Å². The van der Waals surface area contributed by atoms with Crippen molar-refractivity contribution in [3.8, 4) is 0 Å². The third kappa shape index (κ3) is 6.63. The molecule has 2 saturated heterocycles. The molecule has 0 saturated carbocycles. The molecule has 7 nitrogen and oxygen atoms in total.